The van der Waals surface area contributed by atoms with Gasteiger partial charge in [-0.2, -0.15) is 4.31 Å². The molecule has 0 aliphatic rings. The zero-order valence-corrected chi connectivity index (χ0v) is 13.5. The lowest BCUT2D eigenvalue weighted by Crippen LogP contribution is -2.38. The quantitative estimate of drug-likeness (QED) is 0.844. The highest BCUT2D eigenvalue weighted by Gasteiger charge is 2.30. The number of anilines is 1. The first kappa shape index (κ1) is 16.6. The van der Waals surface area contributed by atoms with Crippen LogP contribution in [0.25, 0.3) is 0 Å². The van der Waals surface area contributed by atoms with Gasteiger partial charge in [0.2, 0.25) is 10.0 Å². The molecule has 0 saturated carbocycles. The maximum Gasteiger partial charge on any atom is 0.246 e. The first-order valence-electron chi connectivity index (χ1n) is 6.02. The molecule has 0 saturated heterocycles. The molecule has 1 aromatic rings. The van der Waals surface area contributed by atoms with Gasteiger partial charge in [-0.25, -0.2) is 8.42 Å². The number of sulfonamides is 1. The molecule has 0 aliphatic carbocycles. The van der Waals surface area contributed by atoms with Crippen LogP contribution in [0.15, 0.2) is 17.0 Å². The highest BCUT2D eigenvalue weighted by molar-refractivity contribution is 7.89. The summed E-state index contributed by atoms with van der Waals surface area (Å²) in [4.78, 5) is -0.0688. The van der Waals surface area contributed by atoms with Gasteiger partial charge in [-0.3, -0.25) is 0 Å². The minimum absolute atomic E-state index is 0.0479. The molecule has 7 heteroatoms. The fraction of sp³-hybridized carbons (Fsp3) is 0.500. The minimum Gasteiger partial charge on any atom is -0.398 e. The molecule has 19 heavy (non-hydrogen) atoms. The molecule has 0 amide bonds. The topological polar surface area (TPSA) is 63.4 Å². The van der Waals surface area contributed by atoms with Gasteiger partial charge in [0.15, 0.2) is 0 Å². The number of halogens is 2. The Labute approximate surface area is 124 Å². The summed E-state index contributed by atoms with van der Waals surface area (Å²) < 4.78 is 26.7. The predicted molar refractivity (Wildman–Crippen MR) is 80.2 cm³/mol. The number of benzene rings is 1. The standard InChI is InChI=1S/C12H18Cl2N2O2S/c1-4-8(3)16(5-2)19(17,18)12-10(14)6-9(13)7-11(12)15/h6-8H,4-5,15H2,1-3H3. The van der Waals surface area contributed by atoms with Gasteiger partial charge in [0, 0.05) is 17.6 Å². The fourth-order valence-electron chi connectivity index (χ4n) is 1.89. The Bertz CT molecular complexity index is 538. The van der Waals surface area contributed by atoms with Crippen LogP contribution in [-0.2, 0) is 10.0 Å². The first-order valence-corrected chi connectivity index (χ1v) is 8.21. The second kappa shape index (κ2) is 6.31. The minimum atomic E-state index is -3.72. The summed E-state index contributed by atoms with van der Waals surface area (Å²) >= 11 is 11.8. The third-order valence-electron chi connectivity index (χ3n) is 3.00. The van der Waals surface area contributed by atoms with Crippen LogP contribution in [0, 0.1) is 0 Å². The van der Waals surface area contributed by atoms with Crippen LogP contribution >= 0.6 is 23.2 Å². The van der Waals surface area contributed by atoms with Crippen molar-refractivity contribution in [3.05, 3.63) is 22.2 Å². The summed E-state index contributed by atoms with van der Waals surface area (Å²) in [5.41, 5.74) is 5.84. The van der Waals surface area contributed by atoms with Crippen molar-refractivity contribution in [2.75, 3.05) is 12.3 Å². The molecule has 0 heterocycles. The van der Waals surface area contributed by atoms with Crippen LogP contribution in [0.3, 0.4) is 0 Å². The second-order valence-corrected chi connectivity index (χ2v) is 6.94. The van der Waals surface area contributed by atoms with Crippen LogP contribution in [0.4, 0.5) is 5.69 Å². The van der Waals surface area contributed by atoms with E-state index in [0.29, 0.717) is 18.0 Å². The van der Waals surface area contributed by atoms with Gasteiger partial charge in [0.25, 0.3) is 0 Å². The zero-order chi connectivity index (χ0) is 14.8. The Balaban J connectivity index is 3.42. The lowest BCUT2D eigenvalue weighted by Gasteiger charge is -2.27. The highest BCUT2D eigenvalue weighted by atomic mass is 35.5. The lowest BCUT2D eigenvalue weighted by molar-refractivity contribution is 0.343. The summed E-state index contributed by atoms with van der Waals surface area (Å²) in [6, 6.07) is 2.66. The average Bonchev–Trinajstić information content (AvgIpc) is 2.27. The Kier molecular flexibility index (Phi) is 5.50. The molecule has 1 atom stereocenters. The molecule has 0 spiro atoms. The predicted octanol–water partition coefficient (Wildman–Crippen LogP) is 3.38. The molecule has 0 aromatic heterocycles. The number of hydrogen-bond donors (Lipinski definition) is 1. The van der Waals surface area contributed by atoms with Gasteiger partial charge in [-0.1, -0.05) is 37.0 Å². The largest absolute Gasteiger partial charge is 0.398 e. The van der Waals surface area contributed by atoms with E-state index >= 15 is 0 Å². The Morgan fingerprint density at radius 3 is 2.32 bits per heavy atom. The van der Waals surface area contributed by atoms with E-state index in [2.05, 4.69) is 0 Å². The van der Waals surface area contributed by atoms with Crippen molar-refractivity contribution < 1.29 is 8.42 Å². The van der Waals surface area contributed by atoms with Gasteiger partial charge in [0.05, 0.1) is 10.7 Å². The molecule has 0 fully saturated rings. The Morgan fingerprint density at radius 1 is 1.32 bits per heavy atom. The third kappa shape index (κ3) is 3.34. The Morgan fingerprint density at radius 2 is 1.89 bits per heavy atom. The monoisotopic (exact) mass is 324 g/mol. The molecule has 4 nitrogen and oxygen atoms in total. The normalized spacial score (nSPS) is 13.8. The van der Waals surface area contributed by atoms with Crippen molar-refractivity contribution in [3.8, 4) is 0 Å². The highest BCUT2D eigenvalue weighted by Crippen LogP contribution is 2.34. The van der Waals surface area contributed by atoms with Crippen LogP contribution in [-0.4, -0.2) is 25.3 Å². The van der Waals surface area contributed by atoms with Crippen molar-refractivity contribution in [1.82, 2.24) is 4.31 Å². The fourth-order valence-corrected chi connectivity index (χ4v) is 4.55. The number of nitrogens with two attached hydrogens (primary N) is 1. The van der Waals surface area contributed by atoms with Gasteiger partial charge in [-0.15, -0.1) is 0 Å². The van der Waals surface area contributed by atoms with E-state index in [9.17, 15) is 8.42 Å². The van der Waals surface area contributed by atoms with Gasteiger partial charge >= 0.3 is 0 Å². The van der Waals surface area contributed by atoms with Crippen LogP contribution < -0.4 is 5.73 Å². The number of hydrogen-bond acceptors (Lipinski definition) is 3. The van der Waals surface area contributed by atoms with Crippen LogP contribution in [0.1, 0.15) is 27.2 Å². The molecule has 1 aromatic carbocycles. The van der Waals surface area contributed by atoms with Crippen LogP contribution in [0.2, 0.25) is 10.0 Å². The molecule has 108 valence electrons. The van der Waals surface area contributed by atoms with Crippen LogP contribution in [0.5, 0.6) is 0 Å². The molecule has 0 aliphatic heterocycles. The van der Waals surface area contributed by atoms with Crippen molar-refractivity contribution in [2.45, 2.75) is 38.1 Å². The maximum absolute atomic E-state index is 12.6. The van der Waals surface area contributed by atoms with E-state index in [0.717, 1.165) is 0 Å². The summed E-state index contributed by atoms with van der Waals surface area (Å²) in [7, 11) is -3.72. The molecular weight excluding hydrogens is 307 g/mol. The molecule has 1 unspecified atom stereocenters. The van der Waals surface area contributed by atoms with Gasteiger partial charge < -0.3 is 5.73 Å². The summed E-state index contributed by atoms with van der Waals surface area (Å²) in [6.45, 7) is 5.91. The second-order valence-electron chi connectivity index (χ2n) is 4.27. The van der Waals surface area contributed by atoms with E-state index < -0.39 is 10.0 Å². The van der Waals surface area contributed by atoms with Crippen molar-refractivity contribution in [1.29, 1.82) is 0 Å². The summed E-state index contributed by atoms with van der Waals surface area (Å²) in [5.74, 6) is 0. The molecule has 0 radical (unpaired) electrons. The zero-order valence-electron chi connectivity index (χ0n) is 11.2. The van der Waals surface area contributed by atoms with E-state index in [4.69, 9.17) is 28.9 Å². The van der Waals surface area contributed by atoms with E-state index in [1.165, 1.54) is 16.4 Å². The maximum atomic E-state index is 12.6. The van der Waals surface area contributed by atoms with Crippen molar-refractivity contribution in [2.24, 2.45) is 0 Å². The molecule has 0 bridgehead atoms. The van der Waals surface area contributed by atoms with E-state index in [-0.39, 0.29) is 21.6 Å². The molecule has 1 rings (SSSR count). The van der Waals surface area contributed by atoms with E-state index in [1.54, 1.807) is 6.92 Å². The smallest absolute Gasteiger partial charge is 0.246 e. The first-order chi connectivity index (χ1) is 8.75. The number of rotatable bonds is 5. The van der Waals surface area contributed by atoms with Crippen molar-refractivity contribution in [3.63, 3.8) is 0 Å². The summed E-state index contributed by atoms with van der Waals surface area (Å²) in [5, 5.41) is 0.361. The van der Waals surface area contributed by atoms with Gasteiger partial charge in [0.1, 0.15) is 4.90 Å². The number of nitrogen functional groups attached to an aromatic ring is 1. The molecule has 2 N–H and O–H groups in total. The molecular formula is C12H18Cl2N2O2S. The third-order valence-corrected chi connectivity index (χ3v) is 5.83. The van der Waals surface area contributed by atoms with E-state index in [1.807, 2.05) is 13.8 Å². The van der Waals surface area contributed by atoms with Gasteiger partial charge in [-0.05, 0) is 25.5 Å². The lowest BCUT2D eigenvalue weighted by atomic mass is 10.3. The summed E-state index contributed by atoms with van der Waals surface area (Å²) in [6.07, 6.45) is 0.707. The Hall–Kier alpha value is -0.490. The average molecular weight is 325 g/mol. The SMILES string of the molecule is CCC(C)N(CC)S(=O)(=O)c1c(N)cc(Cl)cc1Cl. The number of nitrogens with zero attached hydrogens (tertiary/aromatic N) is 1. The van der Waals surface area contributed by atoms with Crippen molar-refractivity contribution >= 4 is 38.9 Å².